The summed E-state index contributed by atoms with van der Waals surface area (Å²) >= 11 is 11.9. The van der Waals surface area contributed by atoms with Gasteiger partial charge in [0.15, 0.2) is 0 Å². The van der Waals surface area contributed by atoms with Crippen molar-refractivity contribution in [1.29, 1.82) is 0 Å². The van der Waals surface area contributed by atoms with E-state index in [2.05, 4.69) is 5.32 Å². The Balaban J connectivity index is 2.12. The number of rotatable bonds is 4. The van der Waals surface area contributed by atoms with Crippen LogP contribution in [-0.4, -0.2) is 5.91 Å². The monoisotopic (exact) mass is 309 g/mol. The van der Waals surface area contributed by atoms with Gasteiger partial charge in [0, 0.05) is 22.5 Å². The molecule has 0 aliphatic heterocycles. The first-order valence-corrected chi connectivity index (χ1v) is 6.75. The fraction of sp³-hybridized carbons (Fsp3) is 0.133. The molecule has 2 aromatic carbocycles. The molecule has 0 fully saturated rings. The van der Waals surface area contributed by atoms with Crippen LogP contribution in [-0.2, 0) is 11.4 Å². The number of ether oxygens (including phenoxy) is 1. The highest BCUT2D eigenvalue weighted by Gasteiger charge is 2.06. The zero-order chi connectivity index (χ0) is 14.5. The maximum atomic E-state index is 11.1. The average molecular weight is 310 g/mol. The second-order valence-electron chi connectivity index (χ2n) is 4.20. The number of nitrogens with one attached hydrogen (secondary N) is 1. The van der Waals surface area contributed by atoms with Gasteiger partial charge in [-0.2, -0.15) is 0 Å². The number of hydrogen-bond acceptors (Lipinski definition) is 2. The van der Waals surface area contributed by atoms with E-state index in [1.54, 1.807) is 24.3 Å². The molecule has 0 bridgehead atoms. The third-order valence-corrected chi connectivity index (χ3v) is 3.18. The number of amides is 1. The number of carbonyl (C=O) groups excluding carboxylic acids is 1. The Labute approximate surface area is 127 Å². The third-order valence-electron chi connectivity index (χ3n) is 2.60. The Kier molecular flexibility index (Phi) is 4.88. The van der Waals surface area contributed by atoms with Gasteiger partial charge in [-0.25, -0.2) is 0 Å². The summed E-state index contributed by atoms with van der Waals surface area (Å²) in [5.74, 6) is 0.444. The Morgan fingerprint density at radius 3 is 2.65 bits per heavy atom. The van der Waals surface area contributed by atoms with E-state index in [0.717, 1.165) is 5.56 Å². The molecule has 1 amide bonds. The highest BCUT2D eigenvalue weighted by Crippen LogP contribution is 2.27. The smallest absolute Gasteiger partial charge is 0.221 e. The highest BCUT2D eigenvalue weighted by atomic mass is 35.5. The lowest BCUT2D eigenvalue weighted by molar-refractivity contribution is -0.114. The van der Waals surface area contributed by atoms with Gasteiger partial charge in [0.05, 0.1) is 5.69 Å². The van der Waals surface area contributed by atoms with Gasteiger partial charge in [-0.15, -0.1) is 0 Å². The predicted molar refractivity (Wildman–Crippen MR) is 81.5 cm³/mol. The van der Waals surface area contributed by atoms with Gasteiger partial charge >= 0.3 is 0 Å². The quantitative estimate of drug-likeness (QED) is 0.901. The molecule has 3 nitrogen and oxygen atoms in total. The summed E-state index contributed by atoms with van der Waals surface area (Å²) in [5.41, 5.74) is 1.46. The Morgan fingerprint density at radius 2 is 1.95 bits per heavy atom. The molecule has 0 spiro atoms. The minimum Gasteiger partial charge on any atom is -0.487 e. The fourth-order valence-electron chi connectivity index (χ4n) is 1.68. The maximum absolute atomic E-state index is 11.1. The summed E-state index contributed by atoms with van der Waals surface area (Å²) < 4.78 is 5.70. The minimum atomic E-state index is -0.148. The number of para-hydroxylation sites is 2. The third kappa shape index (κ3) is 3.89. The number of benzene rings is 2. The molecular weight excluding hydrogens is 297 g/mol. The molecular formula is C15H13Cl2NO2. The van der Waals surface area contributed by atoms with Crippen LogP contribution in [0.5, 0.6) is 5.75 Å². The van der Waals surface area contributed by atoms with E-state index in [1.807, 2.05) is 18.2 Å². The van der Waals surface area contributed by atoms with Crippen LogP contribution in [0.15, 0.2) is 42.5 Å². The van der Waals surface area contributed by atoms with Gasteiger partial charge in [0.25, 0.3) is 0 Å². The number of carbonyl (C=O) groups is 1. The Hall–Kier alpha value is -1.71. The Morgan fingerprint density at radius 1 is 1.20 bits per heavy atom. The Bertz CT molecular complexity index is 629. The van der Waals surface area contributed by atoms with Gasteiger partial charge in [-0.3, -0.25) is 4.79 Å². The predicted octanol–water partition coefficient (Wildman–Crippen LogP) is 4.53. The molecule has 2 aromatic rings. The van der Waals surface area contributed by atoms with E-state index >= 15 is 0 Å². The molecule has 0 aliphatic carbocycles. The van der Waals surface area contributed by atoms with E-state index in [1.165, 1.54) is 6.92 Å². The molecule has 1 N–H and O–H groups in total. The molecule has 0 saturated carbocycles. The van der Waals surface area contributed by atoms with Crippen molar-refractivity contribution in [3.63, 3.8) is 0 Å². The summed E-state index contributed by atoms with van der Waals surface area (Å²) in [4.78, 5) is 11.1. The second-order valence-corrected chi connectivity index (χ2v) is 5.05. The molecule has 0 saturated heterocycles. The van der Waals surface area contributed by atoms with Crippen molar-refractivity contribution in [1.82, 2.24) is 0 Å². The average Bonchev–Trinajstić information content (AvgIpc) is 2.39. The van der Waals surface area contributed by atoms with Crippen LogP contribution in [0.1, 0.15) is 12.5 Å². The van der Waals surface area contributed by atoms with E-state index in [9.17, 15) is 4.79 Å². The number of hydrogen-bond donors (Lipinski definition) is 1. The van der Waals surface area contributed by atoms with Crippen LogP contribution in [0.2, 0.25) is 10.0 Å². The van der Waals surface area contributed by atoms with Crippen molar-refractivity contribution in [2.24, 2.45) is 0 Å². The van der Waals surface area contributed by atoms with Crippen molar-refractivity contribution < 1.29 is 9.53 Å². The fourth-order valence-corrected chi connectivity index (χ4v) is 2.14. The van der Waals surface area contributed by atoms with E-state index in [-0.39, 0.29) is 5.91 Å². The van der Waals surface area contributed by atoms with Crippen molar-refractivity contribution in [3.05, 3.63) is 58.1 Å². The van der Waals surface area contributed by atoms with Crippen LogP contribution in [0, 0.1) is 0 Å². The first kappa shape index (κ1) is 14.7. The van der Waals surface area contributed by atoms with E-state index < -0.39 is 0 Å². The summed E-state index contributed by atoms with van der Waals surface area (Å²) in [7, 11) is 0. The van der Waals surface area contributed by atoms with E-state index in [0.29, 0.717) is 28.1 Å². The van der Waals surface area contributed by atoms with Gasteiger partial charge < -0.3 is 10.1 Å². The molecule has 0 aliphatic rings. The highest BCUT2D eigenvalue weighted by molar-refractivity contribution is 6.35. The zero-order valence-corrected chi connectivity index (χ0v) is 12.3. The summed E-state index contributed by atoms with van der Waals surface area (Å²) in [6.07, 6.45) is 0. The van der Waals surface area contributed by atoms with Crippen LogP contribution < -0.4 is 10.1 Å². The lowest BCUT2D eigenvalue weighted by Gasteiger charge is -2.12. The topological polar surface area (TPSA) is 38.3 Å². The molecule has 0 unspecified atom stereocenters. The normalized spacial score (nSPS) is 10.2. The first-order valence-electron chi connectivity index (χ1n) is 5.99. The minimum absolute atomic E-state index is 0.148. The molecule has 2 rings (SSSR count). The molecule has 20 heavy (non-hydrogen) atoms. The number of halogens is 2. The van der Waals surface area contributed by atoms with Gasteiger partial charge in [-0.1, -0.05) is 41.4 Å². The van der Waals surface area contributed by atoms with E-state index in [4.69, 9.17) is 27.9 Å². The van der Waals surface area contributed by atoms with Gasteiger partial charge in [-0.05, 0) is 24.3 Å². The van der Waals surface area contributed by atoms with Gasteiger partial charge in [0.1, 0.15) is 12.4 Å². The van der Waals surface area contributed by atoms with Gasteiger partial charge in [0.2, 0.25) is 5.91 Å². The van der Waals surface area contributed by atoms with Crippen LogP contribution >= 0.6 is 23.2 Å². The second kappa shape index (κ2) is 6.64. The maximum Gasteiger partial charge on any atom is 0.221 e. The first-order chi connectivity index (χ1) is 9.56. The van der Waals surface area contributed by atoms with Crippen molar-refractivity contribution in [3.8, 4) is 5.75 Å². The largest absolute Gasteiger partial charge is 0.487 e. The van der Waals surface area contributed by atoms with Crippen LogP contribution in [0.4, 0.5) is 5.69 Å². The summed E-state index contributed by atoms with van der Waals surface area (Å²) in [5, 5.41) is 3.85. The van der Waals surface area contributed by atoms with Crippen LogP contribution in [0.3, 0.4) is 0 Å². The summed E-state index contributed by atoms with van der Waals surface area (Å²) in [6, 6.07) is 12.5. The lowest BCUT2D eigenvalue weighted by Crippen LogP contribution is -2.07. The molecule has 0 heterocycles. The zero-order valence-electron chi connectivity index (χ0n) is 10.8. The number of anilines is 1. The SMILES string of the molecule is CC(=O)Nc1ccccc1OCc1ccc(Cl)cc1Cl. The van der Waals surface area contributed by atoms with Crippen molar-refractivity contribution in [2.75, 3.05) is 5.32 Å². The molecule has 104 valence electrons. The standard InChI is InChI=1S/C15H13Cl2NO2/c1-10(19)18-14-4-2-3-5-15(14)20-9-11-6-7-12(16)8-13(11)17/h2-8H,9H2,1H3,(H,18,19). The molecule has 5 heteroatoms. The molecule has 0 aromatic heterocycles. The molecule has 0 radical (unpaired) electrons. The molecule has 0 atom stereocenters. The summed E-state index contributed by atoms with van der Waals surface area (Å²) in [6.45, 7) is 1.75. The van der Waals surface area contributed by atoms with Crippen molar-refractivity contribution >= 4 is 34.8 Å². The van der Waals surface area contributed by atoms with Crippen LogP contribution in [0.25, 0.3) is 0 Å². The van der Waals surface area contributed by atoms with Crippen molar-refractivity contribution in [2.45, 2.75) is 13.5 Å². The lowest BCUT2D eigenvalue weighted by atomic mass is 10.2.